The largest absolute Gasteiger partial charge is 0.272 e. The van der Waals surface area contributed by atoms with E-state index in [-0.39, 0.29) is 11.7 Å². The van der Waals surface area contributed by atoms with E-state index in [9.17, 15) is 9.18 Å². The molecule has 0 aliphatic heterocycles. The number of fused-ring (bicyclic) bond motifs is 2. The molecule has 2 unspecified atom stereocenters. The molecule has 1 N–H and O–H groups in total. The van der Waals surface area contributed by atoms with Crippen molar-refractivity contribution in [3.05, 3.63) is 78.1 Å². The fraction of sp³-hybridized carbons (Fsp3) is 0.174. The van der Waals surface area contributed by atoms with Gasteiger partial charge in [-0.2, -0.15) is 5.10 Å². The SMILES string of the molecule is O=C(N/N=C1\CC2C=CCC12)c1cc(-c2ccc(F)cc2)nc2ccccc12. The van der Waals surface area contributed by atoms with Crippen LogP contribution >= 0.6 is 0 Å². The summed E-state index contributed by atoms with van der Waals surface area (Å²) in [6.07, 6.45) is 6.34. The van der Waals surface area contributed by atoms with E-state index in [1.807, 2.05) is 24.3 Å². The van der Waals surface area contributed by atoms with E-state index in [2.05, 4.69) is 27.7 Å². The van der Waals surface area contributed by atoms with Crippen LogP contribution in [0, 0.1) is 17.7 Å². The smallest absolute Gasteiger partial charge is 0.267 e. The van der Waals surface area contributed by atoms with Crippen molar-refractivity contribution in [3.63, 3.8) is 0 Å². The van der Waals surface area contributed by atoms with Crippen LogP contribution in [0.1, 0.15) is 23.2 Å². The molecule has 1 amide bonds. The van der Waals surface area contributed by atoms with E-state index in [1.54, 1.807) is 18.2 Å². The van der Waals surface area contributed by atoms with Gasteiger partial charge >= 0.3 is 0 Å². The monoisotopic (exact) mass is 371 g/mol. The highest BCUT2D eigenvalue weighted by Crippen LogP contribution is 2.40. The lowest BCUT2D eigenvalue weighted by atomic mass is 9.74. The molecule has 3 aromatic rings. The number of halogens is 1. The molecule has 0 saturated heterocycles. The molecule has 0 bridgehead atoms. The Morgan fingerprint density at radius 1 is 1.14 bits per heavy atom. The van der Waals surface area contributed by atoms with E-state index in [1.165, 1.54) is 12.1 Å². The van der Waals surface area contributed by atoms with Crippen molar-refractivity contribution in [2.45, 2.75) is 12.8 Å². The Morgan fingerprint density at radius 3 is 2.79 bits per heavy atom. The van der Waals surface area contributed by atoms with Gasteiger partial charge in [-0.15, -0.1) is 0 Å². The number of benzene rings is 2. The number of nitrogens with zero attached hydrogens (tertiary/aromatic N) is 2. The number of pyridine rings is 1. The number of amides is 1. The number of hydrogen-bond donors (Lipinski definition) is 1. The molecular weight excluding hydrogens is 353 g/mol. The molecule has 2 aromatic carbocycles. The molecule has 2 aliphatic rings. The van der Waals surface area contributed by atoms with Gasteiger partial charge in [-0.1, -0.05) is 30.4 Å². The van der Waals surface area contributed by atoms with Crippen LogP contribution < -0.4 is 5.43 Å². The molecule has 5 rings (SSSR count). The van der Waals surface area contributed by atoms with Crippen molar-refractivity contribution in [1.29, 1.82) is 0 Å². The number of rotatable bonds is 3. The van der Waals surface area contributed by atoms with E-state index < -0.39 is 0 Å². The molecule has 2 aliphatic carbocycles. The van der Waals surface area contributed by atoms with Crippen LogP contribution in [0.25, 0.3) is 22.2 Å². The summed E-state index contributed by atoms with van der Waals surface area (Å²) in [6.45, 7) is 0. The minimum atomic E-state index is -0.307. The molecule has 138 valence electrons. The molecular formula is C23H18FN3O. The Labute approximate surface area is 161 Å². The van der Waals surface area contributed by atoms with Crippen LogP contribution in [0.5, 0.6) is 0 Å². The predicted octanol–water partition coefficient (Wildman–Crippen LogP) is 4.72. The highest BCUT2D eigenvalue weighted by atomic mass is 19.1. The number of hydrazone groups is 1. The molecule has 2 atom stereocenters. The third kappa shape index (κ3) is 2.89. The third-order valence-corrected chi connectivity index (χ3v) is 5.56. The van der Waals surface area contributed by atoms with E-state index >= 15 is 0 Å². The van der Waals surface area contributed by atoms with E-state index in [4.69, 9.17) is 0 Å². The number of allylic oxidation sites excluding steroid dienone is 2. The number of aromatic nitrogens is 1. The molecule has 0 spiro atoms. The lowest BCUT2D eigenvalue weighted by Gasteiger charge is -2.31. The average Bonchev–Trinajstić information content (AvgIpc) is 3.08. The lowest BCUT2D eigenvalue weighted by Crippen LogP contribution is -2.35. The molecule has 1 aromatic heterocycles. The maximum Gasteiger partial charge on any atom is 0.272 e. The van der Waals surface area contributed by atoms with Crippen LogP contribution in [0.15, 0.2) is 71.9 Å². The average molecular weight is 371 g/mol. The number of hydrogen-bond acceptors (Lipinski definition) is 3. The predicted molar refractivity (Wildman–Crippen MR) is 107 cm³/mol. The second-order valence-electron chi connectivity index (χ2n) is 7.26. The molecule has 1 heterocycles. The Morgan fingerprint density at radius 2 is 1.96 bits per heavy atom. The highest BCUT2D eigenvalue weighted by molar-refractivity contribution is 6.07. The Bertz CT molecular complexity index is 1130. The van der Waals surface area contributed by atoms with Gasteiger partial charge in [-0.3, -0.25) is 4.79 Å². The van der Waals surface area contributed by atoms with Crippen molar-refractivity contribution in [2.24, 2.45) is 16.9 Å². The van der Waals surface area contributed by atoms with Gasteiger partial charge in [0.05, 0.1) is 16.8 Å². The fourth-order valence-electron chi connectivity index (χ4n) is 3.98. The van der Waals surface area contributed by atoms with Crippen molar-refractivity contribution in [2.75, 3.05) is 0 Å². The minimum absolute atomic E-state index is 0.260. The second kappa shape index (κ2) is 6.68. The summed E-state index contributed by atoms with van der Waals surface area (Å²) >= 11 is 0. The topological polar surface area (TPSA) is 54.4 Å². The maximum absolute atomic E-state index is 13.3. The zero-order chi connectivity index (χ0) is 19.1. The molecule has 5 heteroatoms. The zero-order valence-electron chi connectivity index (χ0n) is 15.1. The second-order valence-corrected chi connectivity index (χ2v) is 7.26. The van der Waals surface area contributed by atoms with Gasteiger partial charge in [0.1, 0.15) is 5.82 Å². The van der Waals surface area contributed by atoms with Crippen LogP contribution in [0.2, 0.25) is 0 Å². The first-order chi connectivity index (χ1) is 13.7. The summed E-state index contributed by atoms with van der Waals surface area (Å²) in [5.74, 6) is 0.467. The van der Waals surface area contributed by atoms with Gasteiger partial charge in [-0.05, 0) is 55.2 Å². The normalized spacial score (nSPS) is 21.5. The van der Waals surface area contributed by atoms with Crippen molar-refractivity contribution in [3.8, 4) is 11.3 Å². The summed E-state index contributed by atoms with van der Waals surface area (Å²) in [5, 5.41) is 5.14. The van der Waals surface area contributed by atoms with Gasteiger partial charge in [-0.25, -0.2) is 14.8 Å². The van der Waals surface area contributed by atoms with Crippen molar-refractivity contribution < 1.29 is 9.18 Å². The Balaban J connectivity index is 1.49. The van der Waals surface area contributed by atoms with Crippen LogP contribution in [-0.2, 0) is 0 Å². The first-order valence-electron chi connectivity index (χ1n) is 9.38. The van der Waals surface area contributed by atoms with E-state index in [0.29, 0.717) is 28.6 Å². The van der Waals surface area contributed by atoms with Gasteiger partial charge in [0, 0.05) is 22.6 Å². The van der Waals surface area contributed by atoms with Crippen LogP contribution in [0.4, 0.5) is 4.39 Å². The molecule has 0 radical (unpaired) electrons. The summed E-state index contributed by atoms with van der Waals surface area (Å²) in [6, 6.07) is 15.3. The van der Waals surface area contributed by atoms with Gasteiger partial charge in [0.25, 0.3) is 5.91 Å². The zero-order valence-corrected chi connectivity index (χ0v) is 15.1. The summed E-state index contributed by atoms with van der Waals surface area (Å²) in [4.78, 5) is 17.5. The number of carbonyl (C=O) groups excluding carboxylic acids is 1. The van der Waals surface area contributed by atoms with Crippen molar-refractivity contribution in [1.82, 2.24) is 10.4 Å². The Kier molecular flexibility index (Phi) is 4.01. The van der Waals surface area contributed by atoms with Crippen LogP contribution in [0.3, 0.4) is 0 Å². The fourth-order valence-corrected chi connectivity index (χ4v) is 3.98. The molecule has 28 heavy (non-hydrogen) atoms. The highest BCUT2D eigenvalue weighted by Gasteiger charge is 2.38. The van der Waals surface area contributed by atoms with Gasteiger partial charge in [0.2, 0.25) is 0 Å². The quantitative estimate of drug-likeness (QED) is 0.535. The maximum atomic E-state index is 13.3. The summed E-state index contributed by atoms with van der Waals surface area (Å²) in [5.41, 5.74) is 6.39. The van der Waals surface area contributed by atoms with Gasteiger partial charge < -0.3 is 0 Å². The molecule has 4 nitrogen and oxygen atoms in total. The lowest BCUT2D eigenvalue weighted by molar-refractivity contribution is 0.0955. The number of para-hydroxylation sites is 1. The summed E-state index contributed by atoms with van der Waals surface area (Å²) < 4.78 is 13.3. The molecule has 1 fully saturated rings. The standard InChI is InChI=1S/C23H18FN3O/c24-16-10-8-14(9-11-16)21-13-19(18-5-1-2-7-20(18)25-21)23(28)27-26-22-12-15-4-3-6-17(15)22/h1-5,7-11,13,15,17H,6,12H2,(H,27,28)/b26-22+. The van der Waals surface area contributed by atoms with Crippen molar-refractivity contribution >= 4 is 22.5 Å². The molecule has 1 saturated carbocycles. The number of carbonyl (C=O) groups is 1. The van der Waals surface area contributed by atoms with E-state index in [0.717, 1.165) is 29.5 Å². The summed E-state index contributed by atoms with van der Waals surface area (Å²) in [7, 11) is 0. The van der Waals surface area contributed by atoms with Gasteiger partial charge in [0.15, 0.2) is 0 Å². The third-order valence-electron chi connectivity index (χ3n) is 5.56. The first kappa shape index (κ1) is 16.8. The number of nitrogens with one attached hydrogen (secondary N) is 1. The first-order valence-corrected chi connectivity index (χ1v) is 9.38. The van der Waals surface area contributed by atoms with Crippen LogP contribution in [-0.4, -0.2) is 16.6 Å². The minimum Gasteiger partial charge on any atom is -0.267 e. The Hall–Kier alpha value is -3.34.